The number of ether oxygens (including phenoxy) is 2. The van der Waals surface area contributed by atoms with E-state index in [1.807, 2.05) is 0 Å². The van der Waals surface area contributed by atoms with Crippen LogP contribution in [0.4, 0.5) is 18.0 Å². The highest BCUT2D eigenvalue weighted by molar-refractivity contribution is 6.31. The highest BCUT2D eigenvalue weighted by Gasteiger charge is 2.36. The lowest BCUT2D eigenvalue weighted by Crippen LogP contribution is -2.45. The van der Waals surface area contributed by atoms with E-state index in [0.717, 1.165) is 6.07 Å². The van der Waals surface area contributed by atoms with Crippen LogP contribution in [-0.2, 0) is 16.0 Å². The van der Waals surface area contributed by atoms with E-state index in [1.165, 1.54) is 21.7 Å². The molecule has 2 aromatic rings. The van der Waals surface area contributed by atoms with Crippen LogP contribution in [-0.4, -0.2) is 52.0 Å². The van der Waals surface area contributed by atoms with E-state index in [-0.39, 0.29) is 35.1 Å². The number of nitrogens with zero attached hydrogens (tertiary/aromatic N) is 3. The summed E-state index contributed by atoms with van der Waals surface area (Å²) in [6.45, 7) is 1.34. The summed E-state index contributed by atoms with van der Waals surface area (Å²) in [7, 11) is 0. The zero-order valence-electron chi connectivity index (χ0n) is 17.6. The molecule has 32 heavy (non-hydrogen) atoms. The molecule has 8 nitrogen and oxygen atoms in total. The highest BCUT2D eigenvalue weighted by Crippen LogP contribution is 2.33. The Morgan fingerprint density at radius 3 is 2.59 bits per heavy atom. The van der Waals surface area contributed by atoms with E-state index in [9.17, 15) is 22.8 Å². The van der Waals surface area contributed by atoms with Gasteiger partial charge in [-0.15, -0.1) is 0 Å². The van der Waals surface area contributed by atoms with Crippen molar-refractivity contribution in [2.75, 3.05) is 13.2 Å². The van der Waals surface area contributed by atoms with Gasteiger partial charge < -0.3 is 20.1 Å². The predicted octanol–water partition coefficient (Wildman–Crippen LogP) is 3.97. The average Bonchev–Trinajstić information content (AvgIpc) is 3.06. The summed E-state index contributed by atoms with van der Waals surface area (Å²) in [6.07, 6.45) is -0.700. The lowest BCUT2D eigenvalue weighted by Gasteiger charge is -2.35. The number of fused-ring (bicyclic) bond motifs is 1. The molecule has 0 saturated carbocycles. The van der Waals surface area contributed by atoms with Gasteiger partial charge in [-0.05, 0) is 39.0 Å². The minimum Gasteiger partial charge on any atom is -0.444 e. The van der Waals surface area contributed by atoms with Gasteiger partial charge in [0, 0.05) is 12.1 Å². The second-order valence-corrected chi connectivity index (χ2v) is 8.62. The number of rotatable bonds is 5. The lowest BCUT2D eigenvalue weighted by molar-refractivity contribution is -0.139. The van der Waals surface area contributed by atoms with Crippen LogP contribution in [0.2, 0.25) is 5.02 Å². The fourth-order valence-corrected chi connectivity index (χ4v) is 3.56. The fourth-order valence-electron chi connectivity index (χ4n) is 3.38. The first-order valence-corrected chi connectivity index (χ1v) is 9.99. The molecule has 1 unspecified atom stereocenters. The Morgan fingerprint density at radius 1 is 1.34 bits per heavy atom. The third-order valence-electron chi connectivity index (χ3n) is 4.63. The van der Waals surface area contributed by atoms with Crippen molar-refractivity contribution in [3.05, 3.63) is 40.3 Å². The van der Waals surface area contributed by atoms with Crippen LogP contribution in [0.3, 0.4) is 0 Å². The van der Waals surface area contributed by atoms with Crippen molar-refractivity contribution in [1.29, 1.82) is 0 Å². The minimum absolute atomic E-state index is 0.0389. The monoisotopic (exact) mass is 474 g/mol. The molecule has 2 heterocycles. The Morgan fingerprint density at radius 2 is 2.03 bits per heavy atom. The normalized spacial score (nSPS) is 16.2. The molecule has 0 aliphatic carbocycles. The standard InChI is InChI=1S/C20H22ClF3N4O4/c1-20(2,3)32-19(30)27-7-11(9-31-18(23)24)28-14(8-27)15(17(25)29)16(26-28)10-4-5-13(22)12(21)6-10/h4-6,11,18H,7-9H2,1-3H3,(H2,25,29). The van der Waals surface area contributed by atoms with Crippen molar-refractivity contribution in [2.24, 2.45) is 5.73 Å². The quantitative estimate of drug-likeness (QED) is 0.706. The van der Waals surface area contributed by atoms with Gasteiger partial charge in [0.25, 0.3) is 5.91 Å². The van der Waals surface area contributed by atoms with Crippen LogP contribution in [0, 0.1) is 5.82 Å². The third kappa shape index (κ3) is 5.16. The first kappa shape index (κ1) is 23.9. The molecular weight excluding hydrogens is 453 g/mol. The molecule has 174 valence electrons. The number of hydrogen-bond acceptors (Lipinski definition) is 5. The number of alkyl halides is 2. The molecule has 1 aliphatic heterocycles. The van der Waals surface area contributed by atoms with Gasteiger partial charge in [-0.25, -0.2) is 9.18 Å². The van der Waals surface area contributed by atoms with E-state index in [4.69, 9.17) is 22.1 Å². The number of amides is 2. The second kappa shape index (κ2) is 8.99. The van der Waals surface area contributed by atoms with Gasteiger partial charge in [-0.2, -0.15) is 13.9 Å². The van der Waals surface area contributed by atoms with Crippen LogP contribution < -0.4 is 5.73 Å². The van der Waals surface area contributed by atoms with E-state index in [1.54, 1.807) is 20.8 Å². The summed E-state index contributed by atoms with van der Waals surface area (Å²) in [6, 6.07) is 2.88. The predicted molar refractivity (Wildman–Crippen MR) is 109 cm³/mol. The molecule has 0 fully saturated rings. The number of aromatic nitrogens is 2. The van der Waals surface area contributed by atoms with Crippen LogP contribution in [0.5, 0.6) is 0 Å². The first-order chi connectivity index (χ1) is 14.9. The molecule has 12 heteroatoms. The van der Waals surface area contributed by atoms with Gasteiger partial charge in [0.1, 0.15) is 17.1 Å². The van der Waals surface area contributed by atoms with E-state index >= 15 is 0 Å². The van der Waals surface area contributed by atoms with E-state index in [0.29, 0.717) is 5.56 Å². The SMILES string of the molecule is CC(C)(C)OC(=O)N1Cc2c(C(N)=O)c(-c3ccc(F)c(Cl)c3)nn2C(COC(F)F)C1. The summed E-state index contributed by atoms with van der Waals surface area (Å²) in [4.78, 5) is 26.3. The maximum Gasteiger partial charge on any atom is 0.410 e. The van der Waals surface area contributed by atoms with Crippen molar-refractivity contribution < 1.29 is 32.2 Å². The molecular formula is C20H22ClF3N4O4. The number of nitrogens with two attached hydrogens (primary N) is 1. The molecule has 0 radical (unpaired) electrons. The Bertz CT molecular complexity index is 1040. The smallest absolute Gasteiger partial charge is 0.410 e. The molecule has 2 amide bonds. The van der Waals surface area contributed by atoms with Gasteiger partial charge in [0.15, 0.2) is 0 Å². The Balaban J connectivity index is 2.09. The maximum absolute atomic E-state index is 13.6. The fraction of sp³-hybridized carbons (Fsp3) is 0.450. The Kier molecular flexibility index (Phi) is 6.70. The lowest BCUT2D eigenvalue weighted by atomic mass is 10.0. The molecule has 0 saturated heterocycles. The van der Waals surface area contributed by atoms with Gasteiger partial charge in [0.2, 0.25) is 0 Å². The zero-order chi connectivity index (χ0) is 23.8. The Labute approximate surface area is 187 Å². The maximum atomic E-state index is 13.6. The van der Waals surface area contributed by atoms with Gasteiger partial charge in [-0.1, -0.05) is 11.6 Å². The number of benzene rings is 1. The summed E-state index contributed by atoms with van der Waals surface area (Å²) < 4.78 is 50.2. The second-order valence-electron chi connectivity index (χ2n) is 8.22. The number of hydrogen-bond donors (Lipinski definition) is 1. The Hall–Kier alpha value is -2.79. The molecule has 3 rings (SSSR count). The van der Waals surface area contributed by atoms with Crippen molar-refractivity contribution in [3.63, 3.8) is 0 Å². The van der Waals surface area contributed by atoms with Crippen molar-refractivity contribution >= 4 is 23.6 Å². The average molecular weight is 475 g/mol. The van der Waals surface area contributed by atoms with Gasteiger partial charge in [0.05, 0.1) is 35.5 Å². The minimum atomic E-state index is -3.04. The number of carbonyl (C=O) groups is 2. The van der Waals surface area contributed by atoms with Crippen LogP contribution in [0.15, 0.2) is 18.2 Å². The van der Waals surface area contributed by atoms with E-state index < -0.39 is 42.7 Å². The molecule has 0 bridgehead atoms. The van der Waals surface area contributed by atoms with Crippen molar-refractivity contribution in [1.82, 2.24) is 14.7 Å². The molecule has 1 aromatic heterocycles. The van der Waals surface area contributed by atoms with Crippen molar-refractivity contribution in [3.8, 4) is 11.3 Å². The largest absolute Gasteiger partial charge is 0.444 e. The van der Waals surface area contributed by atoms with Gasteiger partial charge >= 0.3 is 12.7 Å². The summed E-state index contributed by atoms with van der Waals surface area (Å²) >= 11 is 5.86. The summed E-state index contributed by atoms with van der Waals surface area (Å²) in [5, 5.41) is 4.17. The molecule has 1 aliphatic rings. The zero-order valence-corrected chi connectivity index (χ0v) is 18.3. The van der Waals surface area contributed by atoms with Crippen LogP contribution >= 0.6 is 11.6 Å². The summed E-state index contributed by atoms with van der Waals surface area (Å²) in [5.74, 6) is -1.53. The molecule has 0 spiro atoms. The number of primary amides is 1. The first-order valence-electron chi connectivity index (χ1n) is 9.61. The summed E-state index contributed by atoms with van der Waals surface area (Å²) in [5.41, 5.74) is 5.35. The van der Waals surface area contributed by atoms with Crippen LogP contribution in [0.1, 0.15) is 42.9 Å². The van der Waals surface area contributed by atoms with E-state index in [2.05, 4.69) is 9.84 Å². The van der Waals surface area contributed by atoms with Crippen LogP contribution in [0.25, 0.3) is 11.3 Å². The number of halogens is 4. The molecule has 1 aromatic carbocycles. The molecule has 1 atom stereocenters. The van der Waals surface area contributed by atoms with Gasteiger partial charge in [-0.3, -0.25) is 9.48 Å². The number of carbonyl (C=O) groups excluding carboxylic acids is 2. The molecule has 2 N–H and O–H groups in total. The topological polar surface area (TPSA) is 99.7 Å². The highest BCUT2D eigenvalue weighted by atomic mass is 35.5. The third-order valence-corrected chi connectivity index (χ3v) is 4.92. The van der Waals surface area contributed by atoms with Crippen molar-refractivity contribution in [2.45, 2.75) is 45.6 Å².